The lowest BCUT2D eigenvalue weighted by Gasteiger charge is -2.17. The molecule has 9 nitrogen and oxygen atoms in total. The molecule has 0 aromatic carbocycles. The first-order chi connectivity index (χ1) is 12.6. The molecule has 0 bridgehead atoms. The molecule has 3 aromatic rings. The van der Waals surface area contributed by atoms with Gasteiger partial charge >= 0.3 is 5.97 Å². The topological polar surface area (TPSA) is 108 Å². The molecule has 0 fully saturated rings. The number of aromatic nitrogens is 6. The van der Waals surface area contributed by atoms with Gasteiger partial charge in [0.05, 0.1) is 19.1 Å². The third-order valence-corrected chi connectivity index (χ3v) is 4.43. The highest BCUT2D eigenvalue weighted by molar-refractivity contribution is 5.75. The van der Waals surface area contributed by atoms with Crippen LogP contribution in [0.5, 0.6) is 5.88 Å². The fraction of sp³-hybridized carbons (Fsp3) is 0.353. The third kappa shape index (κ3) is 2.71. The summed E-state index contributed by atoms with van der Waals surface area (Å²) in [5.74, 6) is -0.197. The Bertz CT molecular complexity index is 977. The Morgan fingerprint density at radius 3 is 2.88 bits per heavy atom. The van der Waals surface area contributed by atoms with E-state index in [2.05, 4.69) is 20.1 Å². The van der Waals surface area contributed by atoms with Crippen molar-refractivity contribution in [2.45, 2.75) is 32.2 Å². The lowest BCUT2D eigenvalue weighted by molar-refractivity contribution is -0.139. The molecule has 1 N–H and O–H groups in total. The molecule has 0 saturated heterocycles. The van der Waals surface area contributed by atoms with Gasteiger partial charge in [-0.3, -0.25) is 4.79 Å². The lowest BCUT2D eigenvalue weighted by atomic mass is 10.00. The molecule has 1 aliphatic heterocycles. The van der Waals surface area contributed by atoms with Crippen LogP contribution in [-0.2, 0) is 11.3 Å². The van der Waals surface area contributed by atoms with Crippen molar-refractivity contribution in [2.24, 2.45) is 0 Å². The van der Waals surface area contributed by atoms with Gasteiger partial charge in [-0.05, 0) is 31.9 Å². The molecule has 0 amide bonds. The quantitative estimate of drug-likeness (QED) is 0.761. The van der Waals surface area contributed by atoms with Crippen LogP contribution in [0.25, 0.3) is 17.2 Å². The number of carbonyl (C=O) groups is 1. The van der Waals surface area contributed by atoms with Gasteiger partial charge in [-0.2, -0.15) is 0 Å². The number of fused-ring (bicyclic) bond motifs is 1. The molecule has 9 heteroatoms. The van der Waals surface area contributed by atoms with Crippen LogP contribution < -0.4 is 4.74 Å². The van der Waals surface area contributed by atoms with E-state index in [0.29, 0.717) is 36.2 Å². The maximum absolute atomic E-state index is 11.4. The number of imidazole rings is 1. The van der Waals surface area contributed by atoms with Crippen molar-refractivity contribution < 1.29 is 14.6 Å². The molecule has 134 valence electrons. The molecule has 1 atom stereocenters. The van der Waals surface area contributed by atoms with Gasteiger partial charge < -0.3 is 14.4 Å². The largest absolute Gasteiger partial charge is 0.481 e. The van der Waals surface area contributed by atoms with Crippen LogP contribution in [-0.4, -0.2) is 47.5 Å². The van der Waals surface area contributed by atoms with E-state index in [4.69, 9.17) is 4.74 Å². The van der Waals surface area contributed by atoms with Crippen LogP contribution in [0.4, 0.5) is 0 Å². The smallest absolute Gasteiger partial charge is 0.314 e. The minimum Gasteiger partial charge on any atom is -0.481 e. The number of carboxylic acids is 1. The standard InChI is InChI=1S/C17H18N6O3/c1-10-8-22(9-18-10)13-6-5-12(19-16(13)26-2)14-20-15-11(17(24)25)4-3-7-23(15)21-14/h5-6,8-9,11H,3-4,7H2,1-2H3,(H,24,25). The summed E-state index contributed by atoms with van der Waals surface area (Å²) in [7, 11) is 1.55. The predicted molar refractivity (Wildman–Crippen MR) is 91.3 cm³/mol. The molecule has 0 aliphatic carbocycles. The van der Waals surface area contributed by atoms with Gasteiger partial charge in [0, 0.05) is 12.7 Å². The van der Waals surface area contributed by atoms with Crippen molar-refractivity contribution >= 4 is 5.97 Å². The summed E-state index contributed by atoms with van der Waals surface area (Å²) in [5.41, 5.74) is 2.18. The Morgan fingerprint density at radius 2 is 2.19 bits per heavy atom. The molecule has 26 heavy (non-hydrogen) atoms. The second-order valence-corrected chi connectivity index (χ2v) is 6.20. The van der Waals surface area contributed by atoms with Crippen LogP contribution in [0.15, 0.2) is 24.7 Å². The predicted octanol–water partition coefficient (Wildman–Crippen LogP) is 1.80. The second kappa shape index (κ2) is 6.25. The lowest BCUT2D eigenvalue weighted by Crippen LogP contribution is -2.22. The molecule has 1 aliphatic rings. The molecular formula is C17H18N6O3. The Hall–Kier alpha value is -3.23. The van der Waals surface area contributed by atoms with Gasteiger partial charge in [-0.1, -0.05) is 0 Å². The highest BCUT2D eigenvalue weighted by atomic mass is 16.5. The Balaban J connectivity index is 1.74. The van der Waals surface area contributed by atoms with E-state index in [1.54, 1.807) is 24.2 Å². The van der Waals surface area contributed by atoms with E-state index < -0.39 is 11.9 Å². The Morgan fingerprint density at radius 1 is 1.35 bits per heavy atom. The average Bonchev–Trinajstić information content (AvgIpc) is 3.26. The third-order valence-electron chi connectivity index (χ3n) is 4.43. The van der Waals surface area contributed by atoms with Crippen LogP contribution in [0, 0.1) is 6.92 Å². The van der Waals surface area contributed by atoms with Gasteiger partial charge in [0.25, 0.3) is 0 Å². The average molecular weight is 354 g/mol. The van der Waals surface area contributed by atoms with Crippen molar-refractivity contribution in [3.63, 3.8) is 0 Å². The summed E-state index contributed by atoms with van der Waals surface area (Å²) in [6.07, 6.45) is 4.91. The summed E-state index contributed by atoms with van der Waals surface area (Å²) >= 11 is 0. The summed E-state index contributed by atoms with van der Waals surface area (Å²) in [5, 5.41) is 13.8. The van der Waals surface area contributed by atoms with E-state index in [0.717, 1.165) is 17.8 Å². The summed E-state index contributed by atoms with van der Waals surface area (Å²) in [6, 6.07) is 3.65. The van der Waals surface area contributed by atoms with E-state index >= 15 is 0 Å². The van der Waals surface area contributed by atoms with Gasteiger partial charge in [0.15, 0.2) is 5.82 Å². The van der Waals surface area contributed by atoms with E-state index in [1.807, 2.05) is 23.8 Å². The zero-order chi connectivity index (χ0) is 18.3. The first-order valence-electron chi connectivity index (χ1n) is 8.30. The number of ether oxygens (including phenoxy) is 1. The minimum absolute atomic E-state index is 0.403. The number of nitrogens with zero attached hydrogens (tertiary/aromatic N) is 6. The molecule has 0 saturated carbocycles. The minimum atomic E-state index is -0.874. The fourth-order valence-corrected chi connectivity index (χ4v) is 3.15. The molecule has 4 heterocycles. The zero-order valence-corrected chi connectivity index (χ0v) is 14.5. The SMILES string of the molecule is COc1nc(-c2nc3n(n2)CCCC3C(=O)O)ccc1-n1cnc(C)c1. The number of pyridine rings is 1. The molecule has 4 rings (SSSR count). The van der Waals surface area contributed by atoms with Gasteiger partial charge in [-0.25, -0.2) is 19.6 Å². The number of aliphatic carboxylic acids is 1. The van der Waals surface area contributed by atoms with Crippen LogP contribution in [0.2, 0.25) is 0 Å². The number of aryl methyl sites for hydroxylation is 2. The van der Waals surface area contributed by atoms with Crippen molar-refractivity contribution in [3.8, 4) is 23.1 Å². The van der Waals surface area contributed by atoms with E-state index in [-0.39, 0.29) is 0 Å². The van der Waals surface area contributed by atoms with E-state index in [1.165, 1.54) is 0 Å². The van der Waals surface area contributed by atoms with Crippen LogP contribution in [0.1, 0.15) is 30.3 Å². The zero-order valence-electron chi connectivity index (χ0n) is 14.5. The highest BCUT2D eigenvalue weighted by Crippen LogP contribution is 2.29. The maximum atomic E-state index is 11.4. The van der Waals surface area contributed by atoms with Crippen molar-refractivity contribution in [1.82, 2.24) is 29.3 Å². The summed E-state index contributed by atoms with van der Waals surface area (Å²) in [6.45, 7) is 2.57. The monoisotopic (exact) mass is 354 g/mol. The van der Waals surface area contributed by atoms with Gasteiger partial charge in [-0.15, -0.1) is 5.10 Å². The number of hydrogen-bond acceptors (Lipinski definition) is 6. The van der Waals surface area contributed by atoms with E-state index in [9.17, 15) is 9.90 Å². The van der Waals surface area contributed by atoms with Gasteiger partial charge in [0.1, 0.15) is 23.1 Å². The highest BCUT2D eigenvalue weighted by Gasteiger charge is 2.30. The normalized spacial score (nSPS) is 16.3. The number of rotatable bonds is 4. The van der Waals surface area contributed by atoms with Crippen molar-refractivity contribution in [2.75, 3.05) is 7.11 Å². The first kappa shape index (κ1) is 16.2. The molecule has 1 unspecified atom stereocenters. The molecule has 0 spiro atoms. The summed E-state index contributed by atoms with van der Waals surface area (Å²) < 4.78 is 8.91. The second-order valence-electron chi connectivity index (χ2n) is 6.20. The van der Waals surface area contributed by atoms with Crippen molar-refractivity contribution in [3.05, 3.63) is 36.2 Å². The fourth-order valence-electron chi connectivity index (χ4n) is 3.15. The molecule has 3 aromatic heterocycles. The Labute approximate surface area is 149 Å². The Kier molecular flexibility index (Phi) is 3.90. The maximum Gasteiger partial charge on any atom is 0.314 e. The molecule has 0 radical (unpaired) electrons. The van der Waals surface area contributed by atoms with Crippen LogP contribution in [0.3, 0.4) is 0 Å². The van der Waals surface area contributed by atoms with Crippen molar-refractivity contribution in [1.29, 1.82) is 0 Å². The summed E-state index contributed by atoms with van der Waals surface area (Å²) in [4.78, 5) is 24.6. The number of hydrogen-bond donors (Lipinski definition) is 1. The van der Waals surface area contributed by atoms with Gasteiger partial charge in [0.2, 0.25) is 5.88 Å². The van der Waals surface area contributed by atoms with Crippen LogP contribution >= 0.6 is 0 Å². The molecular weight excluding hydrogens is 336 g/mol. The number of methoxy groups -OCH3 is 1. The number of carboxylic acid groups (broad SMARTS) is 1. The first-order valence-corrected chi connectivity index (χ1v) is 8.30.